The molecule has 5 nitrogen and oxygen atoms in total. The summed E-state index contributed by atoms with van der Waals surface area (Å²) in [4.78, 5) is 27.0. The minimum Gasteiger partial charge on any atom is -0.444 e. The van der Waals surface area contributed by atoms with Gasteiger partial charge in [0.2, 0.25) is 5.91 Å². The number of likely N-dealkylation sites (N-methyl/N-ethyl adjacent to an activating group) is 1. The SMILES string of the molecule is CCN(C(=O)CCl)C1CCN(C(=O)OC(C)(C)C)C1. The van der Waals surface area contributed by atoms with Crippen LogP contribution in [0.25, 0.3) is 0 Å². The Morgan fingerprint density at radius 3 is 2.53 bits per heavy atom. The molecule has 1 atom stereocenters. The van der Waals surface area contributed by atoms with Gasteiger partial charge in [-0.2, -0.15) is 0 Å². The largest absolute Gasteiger partial charge is 0.444 e. The van der Waals surface area contributed by atoms with Crippen LogP contribution in [0.2, 0.25) is 0 Å². The summed E-state index contributed by atoms with van der Waals surface area (Å²) in [5.74, 6) is -0.100. The van der Waals surface area contributed by atoms with E-state index in [1.807, 2.05) is 27.7 Å². The summed E-state index contributed by atoms with van der Waals surface area (Å²) in [6.45, 7) is 9.19. The maximum absolute atomic E-state index is 11.9. The Labute approximate surface area is 119 Å². The predicted octanol–water partition coefficient (Wildman–Crippen LogP) is 2.08. The summed E-state index contributed by atoms with van der Waals surface area (Å²) in [6, 6.07) is 0.0452. The van der Waals surface area contributed by atoms with Crippen molar-refractivity contribution in [1.82, 2.24) is 9.80 Å². The lowest BCUT2D eigenvalue weighted by atomic mass is 10.2. The number of nitrogens with zero attached hydrogens (tertiary/aromatic N) is 2. The molecule has 0 aliphatic carbocycles. The standard InChI is InChI=1S/C13H23ClN2O3/c1-5-16(11(17)8-14)10-6-7-15(9-10)12(18)19-13(2,3)4/h10H,5-9H2,1-4H3. The number of rotatable bonds is 3. The van der Waals surface area contributed by atoms with Crippen molar-refractivity contribution >= 4 is 23.6 Å². The second-order valence-corrected chi connectivity index (χ2v) is 5.95. The van der Waals surface area contributed by atoms with E-state index in [9.17, 15) is 9.59 Å². The van der Waals surface area contributed by atoms with Crippen molar-refractivity contribution in [2.75, 3.05) is 25.5 Å². The van der Waals surface area contributed by atoms with Gasteiger partial charge in [0.15, 0.2) is 0 Å². The van der Waals surface area contributed by atoms with Gasteiger partial charge >= 0.3 is 6.09 Å². The topological polar surface area (TPSA) is 49.9 Å². The van der Waals surface area contributed by atoms with Crippen LogP contribution in [0.5, 0.6) is 0 Å². The highest BCUT2D eigenvalue weighted by atomic mass is 35.5. The number of carbonyl (C=O) groups excluding carboxylic acids is 2. The van der Waals surface area contributed by atoms with Gasteiger partial charge < -0.3 is 14.5 Å². The van der Waals surface area contributed by atoms with Crippen molar-refractivity contribution in [2.24, 2.45) is 0 Å². The molecule has 0 aromatic rings. The highest BCUT2D eigenvalue weighted by molar-refractivity contribution is 6.27. The molecular weight excluding hydrogens is 268 g/mol. The Morgan fingerprint density at radius 1 is 1.42 bits per heavy atom. The molecule has 1 fully saturated rings. The molecule has 0 spiro atoms. The maximum atomic E-state index is 11.9. The first-order valence-electron chi connectivity index (χ1n) is 6.62. The third-order valence-corrected chi connectivity index (χ3v) is 3.26. The average Bonchev–Trinajstić information content (AvgIpc) is 2.77. The third-order valence-electron chi connectivity index (χ3n) is 3.03. The van der Waals surface area contributed by atoms with Crippen LogP contribution >= 0.6 is 11.6 Å². The highest BCUT2D eigenvalue weighted by Gasteiger charge is 2.33. The zero-order valence-corrected chi connectivity index (χ0v) is 12.9. The van der Waals surface area contributed by atoms with Crippen molar-refractivity contribution in [3.05, 3.63) is 0 Å². The second kappa shape index (κ2) is 6.46. The zero-order chi connectivity index (χ0) is 14.6. The highest BCUT2D eigenvalue weighted by Crippen LogP contribution is 2.19. The maximum Gasteiger partial charge on any atom is 0.410 e. The van der Waals surface area contributed by atoms with E-state index < -0.39 is 5.60 Å². The van der Waals surface area contributed by atoms with Crippen molar-refractivity contribution in [3.8, 4) is 0 Å². The Kier molecular flexibility index (Phi) is 5.47. The molecule has 1 rings (SSSR count). The van der Waals surface area contributed by atoms with Gasteiger partial charge in [-0.25, -0.2) is 4.79 Å². The van der Waals surface area contributed by atoms with E-state index in [4.69, 9.17) is 16.3 Å². The Morgan fingerprint density at radius 2 is 2.05 bits per heavy atom. The van der Waals surface area contributed by atoms with Crippen molar-refractivity contribution in [2.45, 2.75) is 45.8 Å². The molecule has 0 aromatic carbocycles. The van der Waals surface area contributed by atoms with Crippen LogP contribution in [0.4, 0.5) is 4.79 Å². The molecule has 0 N–H and O–H groups in total. The fourth-order valence-corrected chi connectivity index (χ4v) is 2.36. The summed E-state index contributed by atoms with van der Waals surface area (Å²) >= 11 is 5.59. The molecule has 1 heterocycles. The fraction of sp³-hybridized carbons (Fsp3) is 0.846. The first-order chi connectivity index (χ1) is 8.78. The smallest absolute Gasteiger partial charge is 0.410 e. The molecule has 0 aromatic heterocycles. The number of halogens is 1. The molecule has 2 amide bonds. The van der Waals surface area contributed by atoms with Crippen LogP contribution in [0.3, 0.4) is 0 Å². The first kappa shape index (κ1) is 16.1. The van der Waals surface area contributed by atoms with Crippen molar-refractivity contribution in [3.63, 3.8) is 0 Å². The molecule has 0 radical (unpaired) electrons. The summed E-state index contributed by atoms with van der Waals surface area (Å²) in [5, 5.41) is 0. The monoisotopic (exact) mass is 290 g/mol. The molecule has 110 valence electrons. The van der Waals surface area contributed by atoms with E-state index >= 15 is 0 Å². The van der Waals surface area contributed by atoms with Crippen LogP contribution in [-0.4, -0.2) is 59.0 Å². The summed E-state index contributed by atoms with van der Waals surface area (Å²) < 4.78 is 5.33. The van der Waals surface area contributed by atoms with Gasteiger partial charge in [0, 0.05) is 19.6 Å². The van der Waals surface area contributed by atoms with Gasteiger partial charge in [0.25, 0.3) is 0 Å². The van der Waals surface area contributed by atoms with Gasteiger partial charge in [0.05, 0.1) is 6.04 Å². The van der Waals surface area contributed by atoms with E-state index in [0.29, 0.717) is 19.6 Å². The number of alkyl halides is 1. The molecule has 1 unspecified atom stereocenters. The first-order valence-corrected chi connectivity index (χ1v) is 7.15. The van der Waals surface area contributed by atoms with Crippen LogP contribution in [0.1, 0.15) is 34.1 Å². The lowest BCUT2D eigenvalue weighted by Crippen LogP contribution is -2.43. The van der Waals surface area contributed by atoms with Gasteiger partial charge in [-0.05, 0) is 34.1 Å². The number of likely N-dealkylation sites (tertiary alicyclic amines) is 1. The van der Waals surface area contributed by atoms with Crippen LogP contribution in [-0.2, 0) is 9.53 Å². The quantitative estimate of drug-likeness (QED) is 0.748. The van der Waals surface area contributed by atoms with Crippen molar-refractivity contribution in [1.29, 1.82) is 0 Å². The average molecular weight is 291 g/mol. The summed E-state index contributed by atoms with van der Waals surface area (Å²) in [6.07, 6.45) is 0.458. The van der Waals surface area contributed by atoms with E-state index in [2.05, 4.69) is 0 Å². The minimum atomic E-state index is -0.494. The summed E-state index contributed by atoms with van der Waals surface area (Å²) in [5.41, 5.74) is -0.494. The minimum absolute atomic E-state index is 0.0171. The van der Waals surface area contributed by atoms with E-state index in [-0.39, 0.29) is 23.9 Å². The van der Waals surface area contributed by atoms with Gasteiger partial charge in [-0.3, -0.25) is 4.79 Å². The molecular formula is C13H23ClN2O3. The second-order valence-electron chi connectivity index (χ2n) is 5.68. The Balaban J connectivity index is 2.57. The van der Waals surface area contributed by atoms with E-state index in [1.54, 1.807) is 9.80 Å². The van der Waals surface area contributed by atoms with Crippen LogP contribution in [0, 0.1) is 0 Å². The van der Waals surface area contributed by atoms with Gasteiger partial charge in [-0.1, -0.05) is 0 Å². The number of hydrogen-bond acceptors (Lipinski definition) is 3. The molecule has 1 saturated heterocycles. The normalized spacial score (nSPS) is 19.4. The zero-order valence-electron chi connectivity index (χ0n) is 12.1. The van der Waals surface area contributed by atoms with Gasteiger partial charge in [-0.15, -0.1) is 11.6 Å². The predicted molar refractivity (Wildman–Crippen MR) is 74.3 cm³/mol. The summed E-state index contributed by atoms with van der Waals surface area (Å²) in [7, 11) is 0. The molecule has 0 bridgehead atoms. The molecule has 0 saturated carbocycles. The Hall–Kier alpha value is -0.970. The molecule has 1 aliphatic rings. The molecule has 1 aliphatic heterocycles. The number of amides is 2. The van der Waals surface area contributed by atoms with E-state index in [0.717, 1.165) is 6.42 Å². The lowest BCUT2D eigenvalue weighted by Gasteiger charge is -2.28. The third kappa shape index (κ3) is 4.56. The van der Waals surface area contributed by atoms with Gasteiger partial charge in [0.1, 0.15) is 11.5 Å². The van der Waals surface area contributed by atoms with Crippen molar-refractivity contribution < 1.29 is 14.3 Å². The van der Waals surface area contributed by atoms with Crippen LogP contribution in [0.15, 0.2) is 0 Å². The molecule has 6 heteroatoms. The van der Waals surface area contributed by atoms with Crippen LogP contribution < -0.4 is 0 Å². The number of hydrogen-bond donors (Lipinski definition) is 0. The number of carbonyl (C=O) groups is 2. The fourth-order valence-electron chi connectivity index (χ4n) is 2.20. The number of ether oxygens (including phenoxy) is 1. The lowest BCUT2D eigenvalue weighted by molar-refractivity contribution is -0.130. The Bertz CT molecular complexity index is 341. The van der Waals surface area contributed by atoms with E-state index in [1.165, 1.54) is 0 Å². The molecule has 19 heavy (non-hydrogen) atoms.